The minimum absolute atomic E-state index is 0.246. The van der Waals surface area contributed by atoms with Crippen LogP contribution in [0.15, 0.2) is 41.2 Å². The van der Waals surface area contributed by atoms with Crippen LogP contribution in [0.2, 0.25) is 5.02 Å². The summed E-state index contributed by atoms with van der Waals surface area (Å²) in [5.74, 6) is 0.256. The number of carbonyl (C=O) groups excluding carboxylic acids is 1. The van der Waals surface area contributed by atoms with Crippen molar-refractivity contribution >= 4 is 23.2 Å². The summed E-state index contributed by atoms with van der Waals surface area (Å²) in [6.45, 7) is 4.08. The second-order valence-electron chi connectivity index (χ2n) is 5.25. The zero-order valence-corrected chi connectivity index (χ0v) is 13.5. The molecule has 0 atom stereocenters. The average Bonchev–Trinajstić information content (AvgIpc) is 3.06. The predicted octanol–water partition coefficient (Wildman–Crippen LogP) is 3.44. The van der Waals surface area contributed by atoms with Crippen molar-refractivity contribution in [1.29, 1.82) is 0 Å². The third-order valence-corrected chi connectivity index (χ3v) is 3.59. The maximum absolute atomic E-state index is 12.5. The van der Waals surface area contributed by atoms with E-state index < -0.39 is 0 Å². The van der Waals surface area contributed by atoms with Gasteiger partial charge in [0.05, 0.1) is 17.8 Å². The lowest BCUT2D eigenvalue weighted by Gasteiger charge is -2.06. The first kappa shape index (κ1) is 15.3. The summed E-state index contributed by atoms with van der Waals surface area (Å²) in [4.78, 5) is 12.5. The Labute approximate surface area is 138 Å². The molecule has 0 bridgehead atoms. The number of benzene rings is 1. The fourth-order valence-electron chi connectivity index (χ4n) is 2.26. The van der Waals surface area contributed by atoms with E-state index in [1.54, 1.807) is 17.8 Å². The Balaban J connectivity index is 1.83. The molecule has 0 aliphatic rings. The molecule has 118 valence electrons. The molecule has 0 saturated carbocycles. The van der Waals surface area contributed by atoms with Crippen LogP contribution in [0.25, 0.3) is 0 Å². The van der Waals surface area contributed by atoms with Crippen molar-refractivity contribution in [3.8, 4) is 0 Å². The van der Waals surface area contributed by atoms with Gasteiger partial charge in [-0.2, -0.15) is 5.10 Å². The number of nitrogens with zero attached hydrogens (tertiary/aromatic N) is 3. The molecule has 7 heteroatoms. The predicted molar refractivity (Wildman–Crippen MR) is 86.7 cm³/mol. The van der Waals surface area contributed by atoms with Crippen LogP contribution in [0.1, 0.15) is 27.4 Å². The van der Waals surface area contributed by atoms with Crippen molar-refractivity contribution in [3.05, 3.63) is 64.3 Å². The van der Waals surface area contributed by atoms with Crippen LogP contribution < -0.4 is 5.32 Å². The Morgan fingerprint density at radius 2 is 2.22 bits per heavy atom. The summed E-state index contributed by atoms with van der Waals surface area (Å²) >= 11 is 5.86. The Morgan fingerprint density at radius 3 is 2.91 bits per heavy atom. The Bertz CT molecular complexity index is 853. The highest BCUT2D eigenvalue weighted by Gasteiger charge is 2.20. The summed E-state index contributed by atoms with van der Waals surface area (Å²) < 4.78 is 6.80. The van der Waals surface area contributed by atoms with Gasteiger partial charge in [-0.1, -0.05) is 28.9 Å². The number of hydrogen-bond acceptors (Lipinski definition) is 4. The molecule has 1 N–H and O–H groups in total. The molecular formula is C16H15ClN4O2. The zero-order chi connectivity index (χ0) is 16.4. The molecule has 2 heterocycles. The van der Waals surface area contributed by atoms with Crippen molar-refractivity contribution in [2.45, 2.75) is 20.4 Å². The van der Waals surface area contributed by atoms with Gasteiger partial charge in [-0.25, -0.2) is 0 Å². The molecule has 0 aliphatic carbocycles. The maximum atomic E-state index is 12.5. The first-order valence-corrected chi connectivity index (χ1v) is 7.42. The van der Waals surface area contributed by atoms with Gasteiger partial charge in [-0.3, -0.25) is 9.48 Å². The third-order valence-electron chi connectivity index (χ3n) is 3.40. The SMILES string of the molecule is Cc1cccc(NC(=O)c2noc(C)c2Cn2cc(Cl)cn2)c1. The lowest BCUT2D eigenvalue weighted by molar-refractivity contribution is 0.101. The fourth-order valence-corrected chi connectivity index (χ4v) is 2.41. The van der Waals surface area contributed by atoms with Gasteiger partial charge in [0, 0.05) is 17.4 Å². The lowest BCUT2D eigenvalue weighted by Crippen LogP contribution is -2.16. The van der Waals surface area contributed by atoms with Crippen molar-refractivity contribution in [2.75, 3.05) is 5.32 Å². The second kappa shape index (κ2) is 6.26. The summed E-state index contributed by atoms with van der Waals surface area (Å²) in [5.41, 5.74) is 2.69. The number of rotatable bonds is 4. The Morgan fingerprint density at radius 1 is 1.39 bits per heavy atom. The third kappa shape index (κ3) is 3.43. The molecule has 3 aromatic rings. The molecule has 0 saturated heterocycles. The van der Waals surface area contributed by atoms with E-state index in [1.165, 1.54) is 6.20 Å². The molecule has 0 aliphatic heterocycles. The van der Waals surface area contributed by atoms with Gasteiger partial charge in [0.15, 0.2) is 5.69 Å². The highest BCUT2D eigenvalue weighted by Crippen LogP contribution is 2.18. The van der Waals surface area contributed by atoms with Crippen molar-refractivity contribution in [3.63, 3.8) is 0 Å². The van der Waals surface area contributed by atoms with E-state index in [0.717, 1.165) is 5.56 Å². The Hall–Kier alpha value is -2.60. The molecule has 23 heavy (non-hydrogen) atoms. The van der Waals surface area contributed by atoms with Gasteiger partial charge in [-0.05, 0) is 31.5 Å². The number of aryl methyl sites for hydroxylation is 2. The van der Waals surface area contributed by atoms with E-state index in [1.807, 2.05) is 31.2 Å². The number of aromatic nitrogens is 3. The maximum Gasteiger partial charge on any atom is 0.278 e. The van der Waals surface area contributed by atoms with Crippen LogP contribution in [0.5, 0.6) is 0 Å². The molecule has 2 aromatic heterocycles. The first-order chi connectivity index (χ1) is 11.0. The number of anilines is 1. The molecule has 0 unspecified atom stereocenters. The lowest BCUT2D eigenvalue weighted by atomic mass is 10.1. The van der Waals surface area contributed by atoms with E-state index in [-0.39, 0.29) is 11.6 Å². The van der Waals surface area contributed by atoms with Crippen molar-refractivity contribution < 1.29 is 9.32 Å². The summed E-state index contributed by atoms with van der Waals surface area (Å²) in [5, 5.41) is 11.3. The van der Waals surface area contributed by atoms with Gasteiger partial charge in [0.2, 0.25) is 0 Å². The largest absolute Gasteiger partial charge is 0.361 e. The van der Waals surface area contributed by atoms with Crippen LogP contribution >= 0.6 is 11.6 Å². The summed E-state index contributed by atoms with van der Waals surface area (Å²) in [6.07, 6.45) is 3.22. The number of halogens is 1. The smallest absolute Gasteiger partial charge is 0.278 e. The van der Waals surface area contributed by atoms with Crippen LogP contribution in [0.4, 0.5) is 5.69 Å². The number of carbonyl (C=O) groups is 1. The zero-order valence-electron chi connectivity index (χ0n) is 12.7. The van der Waals surface area contributed by atoms with Crippen LogP contribution in [-0.2, 0) is 6.54 Å². The molecule has 6 nitrogen and oxygen atoms in total. The van der Waals surface area contributed by atoms with Crippen LogP contribution in [0.3, 0.4) is 0 Å². The minimum atomic E-state index is -0.319. The summed E-state index contributed by atoms with van der Waals surface area (Å²) in [6, 6.07) is 7.55. The van der Waals surface area contributed by atoms with E-state index in [4.69, 9.17) is 16.1 Å². The first-order valence-electron chi connectivity index (χ1n) is 7.04. The van der Waals surface area contributed by atoms with Crippen molar-refractivity contribution in [2.24, 2.45) is 0 Å². The molecule has 0 radical (unpaired) electrons. The van der Waals surface area contributed by atoms with E-state index in [2.05, 4.69) is 15.6 Å². The second-order valence-corrected chi connectivity index (χ2v) is 5.68. The van der Waals surface area contributed by atoms with Crippen molar-refractivity contribution in [1.82, 2.24) is 14.9 Å². The highest BCUT2D eigenvalue weighted by atomic mass is 35.5. The molecule has 1 aromatic carbocycles. The highest BCUT2D eigenvalue weighted by molar-refractivity contribution is 6.30. The Kier molecular flexibility index (Phi) is 4.16. The quantitative estimate of drug-likeness (QED) is 0.795. The minimum Gasteiger partial charge on any atom is -0.361 e. The average molecular weight is 331 g/mol. The topological polar surface area (TPSA) is 73.0 Å². The van der Waals surface area contributed by atoms with Crippen LogP contribution in [0, 0.1) is 13.8 Å². The molecule has 0 spiro atoms. The van der Waals surface area contributed by atoms with Gasteiger partial charge in [0.1, 0.15) is 5.76 Å². The van der Waals surface area contributed by atoms with Gasteiger partial charge < -0.3 is 9.84 Å². The molecule has 1 amide bonds. The molecule has 0 fully saturated rings. The van der Waals surface area contributed by atoms with E-state index >= 15 is 0 Å². The number of amides is 1. The monoisotopic (exact) mass is 330 g/mol. The molecule has 3 rings (SSSR count). The normalized spacial score (nSPS) is 10.7. The van der Waals surface area contributed by atoms with Gasteiger partial charge >= 0.3 is 0 Å². The van der Waals surface area contributed by atoms with Gasteiger partial charge in [-0.15, -0.1) is 0 Å². The standard InChI is InChI=1S/C16H15ClN4O2/c1-10-4-3-5-13(6-10)19-16(22)15-14(11(2)23-20-15)9-21-8-12(17)7-18-21/h3-8H,9H2,1-2H3,(H,19,22). The number of hydrogen-bond donors (Lipinski definition) is 1. The summed E-state index contributed by atoms with van der Waals surface area (Å²) in [7, 11) is 0. The van der Waals surface area contributed by atoms with E-state index in [9.17, 15) is 4.79 Å². The number of nitrogens with one attached hydrogen (secondary N) is 1. The van der Waals surface area contributed by atoms with Gasteiger partial charge in [0.25, 0.3) is 5.91 Å². The molecular weight excluding hydrogens is 316 g/mol. The van der Waals surface area contributed by atoms with Crippen LogP contribution in [-0.4, -0.2) is 20.8 Å². The fraction of sp³-hybridized carbons (Fsp3) is 0.188. The van der Waals surface area contributed by atoms with E-state index in [0.29, 0.717) is 28.6 Å².